The van der Waals surface area contributed by atoms with Crippen LogP contribution in [0.4, 0.5) is 10.1 Å². The third-order valence-corrected chi connectivity index (χ3v) is 2.88. The van der Waals surface area contributed by atoms with Crippen molar-refractivity contribution in [2.24, 2.45) is 0 Å². The second kappa shape index (κ2) is 5.61. The third-order valence-electron chi connectivity index (χ3n) is 2.88. The minimum atomic E-state index is -0.655. The molecule has 2 aromatic carbocycles. The van der Waals surface area contributed by atoms with Gasteiger partial charge in [-0.3, -0.25) is 4.79 Å². The van der Waals surface area contributed by atoms with E-state index in [-0.39, 0.29) is 11.3 Å². The van der Waals surface area contributed by atoms with Crippen molar-refractivity contribution in [3.8, 4) is 11.5 Å². The van der Waals surface area contributed by atoms with E-state index in [1.165, 1.54) is 25.3 Å². The van der Waals surface area contributed by atoms with Crippen molar-refractivity contribution in [2.45, 2.75) is 6.92 Å². The van der Waals surface area contributed by atoms with E-state index in [1.54, 1.807) is 19.1 Å². The van der Waals surface area contributed by atoms with Crippen LogP contribution in [-0.2, 0) is 0 Å². The molecule has 0 radical (unpaired) electrons. The number of aromatic hydroxyl groups is 1. The Morgan fingerprint density at radius 1 is 1.25 bits per heavy atom. The van der Waals surface area contributed by atoms with Crippen molar-refractivity contribution >= 4 is 11.6 Å². The predicted molar refractivity (Wildman–Crippen MR) is 73.7 cm³/mol. The quantitative estimate of drug-likeness (QED) is 0.846. The molecular weight excluding hydrogens is 261 g/mol. The van der Waals surface area contributed by atoms with Gasteiger partial charge in [-0.15, -0.1) is 0 Å². The van der Waals surface area contributed by atoms with E-state index in [4.69, 9.17) is 4.74 Å². The van der Waals surface area contributed by atoms with Gasteiger partial charge in [0.15, 0.2) is 0 Å². The van der Waals surface area contributed by atoms with Gasteiger partial charge in [-0.25, -0.2) is 4.39 Å². The van der Waals surface area contributed by atoms with Crippen LogP contribution in [0.2, 0.25) is 0 Å². The summed E-state index contributed by atoms with van der Waals surface area (Å²) in [4.78, 5) is 12.0. The first-order chi connectivity index (χ1) is 9.51. The van der Waals surface area contributed by atoms with E-state index in [0.717, 1.165) is 6.07 Å². The van der Waals surface area contributed by atoms with Crippen molar-refractivity contribution in [3.05, 3.63) is 53.3 Å². The maximum Gasteiger partial charge on any atom is 0.258 e. The molecule has 0 saturated carbocycles. The summed E-state index contributed by atoms with van der Waals surface area (Å²) < 4.78 is 18.6. The minimum Gasteiger partial charge on any atom is -0.508 e. The Labute approximate surface area is 115 Å². The highest BCUT2D eigenvalue weighted by atomic mass is 19.1. The number of ether oxygens (including phenoxy) is 1. The first kappa shape index (κ1) is 13.9. The van der Waals surface area contributed by atoms with Crippen molar-refractivity contribution in [3.63, 3.8) is 0 Å². The number of halogens is 1. The Bertz CT molecular complexity index is 656. The molecule has 2 rings (SSSR count). The van der Waals surface area contributed by atoms with Gasteiger partial charge in [-0.1, -0.05) is 0 Å². The van der Waals surface area contributed by atoms with Crippen LogP contribution >= 0.6 is 0 Å². The second-order valence-corrected chi connectivity index (χ2v) is 4.30. The number of benzene rings is 2. The molecule has 0 atom stereocenters. The summed E-state index contributed by atoms with van der Waals surface area (Å²) in [7, 11) is 1.42. The Morgan fingerprint density at radius 3 is 2.60 bits per heavy atom. The number of rotatable bonds is 3. The topological polar surface area (TPSA) is 58.6 Å². The summed E-state index contributed by atoms with van der Waals surface area (Å²) in [6.07, 6.45) is 0. The van der Waals surface area contributed by atoms with E-state index in [1.807, 2.05) is 0 Å². The monoisotopic (exact) mass is 275 g/mol. The highest BCUT2D eigenvalue weighted by Crippen LogP contribution is 2.22. The van der Waals surface area contributed by atoms with E-state index >= 15 is 0 Å². The molecule has 0 aliphatic heterocycles. The SMILES string of the molecule is COc1ccc(C(=O)Nc2ccc(O)c(C)c2)c(F)c1. The summed E-state index contributed by atoms with van der Waals surface area (Å²) in [5, 5.41) is 12.0. The number of phenolic OH excluding ortho intramolecular Hbond substituents is 1. The smallest absolute Gasteiger partial charge is 0.258 e. The highest BCUT2D eigenvalue weighted by Gasteiger charge is 2.13. The standard InChI is InChI=1S/C15H14FNO3/c1-9-7-10(3-6-14(9)18)17-15(19)12-5-4-11(20-2)8-13(12)16/h3-8,18H,1-2H3,(H,17,19). The molecule has 0 saturated heterocycles. The lowest BCUT2D eigenvalue weighted by atomic mass is 10.1. The summed E-state index contributed by atoms with van der Waals surface area (Å²) in [6.45, 7) is 1.71. The summed E-state index contributed by atoms with van der Waals surface area (Å²) >= 11 is 0. The lowest BCUT2D eigenvalue weighted by Gasteiger charge is -2.08. The summed E-state index contributed by atoms with van der Waals surface area (Å²) in [5.41, 5.74) is 1.04. The van der Waals surface area contributed by atoms with E-state index in [9.17, 15) is 14.3 Å². The zero-order chi connectivity index (χ0) is 14.7. The molecule has 0 aliphatic rings. The molecule has 0 aromatic heterocycles. The lowest BCUT2D eigenvalue weighted by Crippen LogP contribution is -2.13. The molecule has 4 nitrogen and oxygen atoms in total. The first-order valence-electron chi connectivity index (χ1n) is 5.96. The maximum atomic E-state index is 13.8. The van der Waals surface area contributed by atoms with Crippen molar-refractivity contribution in [1.29, 1.82) is 0 Å². The van der Waals surface area contributed by atoms with E-state index in [0.29, 0.717) is 17.0 Å². The van der Waals surface area contributed by atoms with Crippen LogP contribution in [0.5, 0.6) is 11.5 Å². The lowest BCUT2D eigenvalue weighted by molar-refractivity contribution is 0.102. The van der Waals surface area contributed by atoms with Crippen LogP contribution in [0.1, 0.15) is 15.9 Å². The Balaban J connectivity index is 2.21. The van der Waals surface area contributed by atoms with Gasteiger partial charge >= 0.3 is 0 Å². The molecule has 0 heterocycles. The molecule has 20 heavy (non-hydrogen) atoms. The molecule has 2 N–H and O–H groups in total. The molecule has 0 fully saturated rings. The van der Waals surface area contributed by atoms with Gasteiger partial charge in [-0.2, -0.15) is 0 Å². The van der Waals surface area contributed by atoms with Gasteiger partial charge in [0, 0.05) is 11.8 Å². The molecule has 0 bridgehead atoms. The number of carbonyl (C=O) groups excluding carboxylic acids is 1. The Hall–Kier alpha value is -2.56. The minimum absolute atomic E-state index is 0.0727. The van der Waals surface area contributed by atoms with E-state index in [2.05, 4.69) is 5.32 Å². The van der Waals surface area contributed by atoms with Crippen LogP contribution in [0.3, 0.4) is 0 Å². The fourth-order valence-electron chi connectivity index (χ4n) is 1.74. The van der Waals surface area contributed by atoms with Gasteiger partial charge < -0.3 is 15.2 Å². The predicted octanol–water partition coefficient (Wildman–Crippen LogP) is 3.10. The van der Waals surface area contributed by atoms with Gasteiger partial charge in [0.2, 0.25) is 0 Å². The number of hydrogen-bond donors (Lipinski definition) is 2. The summed E-state index contributed by atoms with van der Waals surface area (Å²) in [5.74, 6) is -0.731. The molecule has 104 valence electrons. The number of anilines is 1. The molecule has 5 heteroatoms. The maximum absolute atomic E-state index is 13.8. The van der Waals surface area contributed by atoms with Crippen LogP contribution in [-0.4, -0.2) is 18.1 Å². The average molecular weight is 275 g/mol. The average Bonchev–Trinajstić information content (AvgIpc) is 2.42. The highest BCUT2D eigenvalue weighted by molar-refractivity contribution is 6.04. The van der Waals surface area contributed by atoms with Gasteiger partial charge in [0.05, 0.1) is 12.7 Å². The van der Waals surface area contributed by atoms with Crippen molar-refractivity contribution < 1.29 is 19.0 Å². The molecule has 1 amide bonds. The largest absolute Gasteiger partial charge is 0.508 e. The van der Waals surface area contributed by atoms with Gasteiger partial charge in [-0.05, 0) is 42.8 Å². The number of phenols is 1. The number of carbonyl (C=O) groups is 1. The number of amides is 1. The Morgan fingerprint density at radius 2 is 2.00 bits per heavy atom. The van der Waals surface area contributed by atoms with Crippen LogP contribution in [0, 0.1) is 12.7 Å². The Kier molecular flexibility index (Phi) is 3.89. The molecular formula is C15H14FNO3. The van der Waals surface area contributed by atoms with Crippen LogP contribution in [0.15, 0.2) is 36.4 Å². The normalized spacial score (nSPS) is 10.2. The first-order valence-corrected chi connectivity index (χ1v) is 5.96. The van der Waals surface area contributed by atoms with Gasteiger partial charge in [0.1, 0.15) is 17.3 Å². The zero-order valence-corrected chi connectivity index (χ0v) is 11.1. The van der Waals surface area contributed by atoms with Gasteiger partial charge in [0.25, 0.3) is 5.91 Å². The van der Waals surface area contributed by atoms with Crippen molar-refractivity contribution in [2.75, 3.05) is 12.4 Å². The van der Waals surface area contributed by atoms with Crippen LogP contribution in [0.25, 0.3) is 0 Å². The molecule has 0 unspecified atom stereocenters. The summed E-state index contributed by atoms with van der Waals surface area (Å²) in [6, 6.07) is 8.64. The van der Waals surface area contributed by atoms with Crippen LogP contribution < -0.4 is 10.1 Å². The fourth-order valence-corrected chi connectivity index (χ4v) is 1.74. The second-order valence-electron chi connectivity index (χ2n) is 4.30. The van der Waals surface area contributed by atoms with Crippen molar-refractivity contribution in [1.82, 2.24) is 0 Å². The number of aryl methyl sites for hydroxylation is 1. The number of hydrogen-bond acceptors (Lipinski definition) is 3. The third kappa shape index (κ3) is 2.88. The molecule has 0 aliphatic carbocycles. The number of methoxy groups -OCH3 is 1. The number of nitrogens with one attached hydrogen (secondary N) is 1. The van der Waals surface area contributed by atoms with E-state index < -0.39 is 11.7 Å². The zero-order valence-electron chi connectivity index (χ0n) is 11.1. The molecule has 0 spiro atoms. The fraction of sp³-hybridized carbons (Fsp3) is 0.133. The molecule has 2 aromatic rings.